The summed E-state index contributed by atoms with van der Waals surface area (Å²) in [6, 6.07) is 10.3. The van der Waals surface area contributed by atoms with Gasteiger partial charge in [0.25, 0.3) is 0 Å². The molecule has 3 aromatic rings. The highest BCUT2D eigenvalue weighted by atomic mass is 32.1. The first-order valence-electron chi connectivity index (χ1n) is 9.69. The molecular weight excluding hydrogens is 440 g/mol. The van der Waals surface area contributed by atoms with Crippen molar-refractivity contribution in [3.63, 3.8) is 0 Å². The number of carbonyl (C=O) groups excluding carboxylic acids is 1. The Morgan fingerprint density at radius 2 is 2.12 bits per heavy atom. The molecule has 1 aliphatic rings. The number of amides is 1. The molecule has 2 aromatic heterocycles. The molecule has 1 saturated heterocycles. The number of carbonyl (C=O) groups is 1. The molecule has 2 N–H and O–H groups in total. The van der Waals surface area contributed by atoms with Crippen molar-refractivity contribution in [2.24, 2.45) is 0 Å². The van der Waals surface area contributed by atoms with Gasteiger partial charge in [-0.15, -0.1) is 16.4 Å². The van der Waals surface area contributed by atoms with Crippen LogP contribution in [0, 0.1) is 0 Å². The number of hydrogen-bond acceptors (Lipinski definition) is 7. The van der Waals surface area contributed by atoms with E-state index in [1.54, 1.807) is 12.1 Å². The number of ether oxygens (including phenoxy) is 1. The molecule has 0 radical (unpaired) electrons. The van der Waals surface area contributed by atoms with Crippen LogP contribution in [0.25, 0.3) is 16.8 Å². The zero-order valence-electron chi connectivity index (χ0n) is 16.6. The number of nitrogens with one attached hydrogen (secondary N) is 1. The Balaban J connectivity index is 1.38. The maximum atomic E-state index is 14.5. The smallest absolute Gasteiger partial charge is 0.410 e. The Hall–Kier alpha value is -3.44. The van der Waals surface area contributed by atoms with Gasteiger partial charge in [0.2, 0.25) is 0 Å². The van der Waals surface area contributed by atoms with Gasteiger partial charge in [-0.25, -0.2) is 9.89 Å². The molecule has 1 amide bonds. The molecule has 1 aromatic carbocycles. The average Bonchev–Trinajstić information content (AvgIpc) is 3.55. The number of benzene rings is 1. The average molecular weight is 459 g/mol. The maximum absolute atomic E-state index is 14.5. The van der Waals surface area contributed by atoms with Crippen molar-refractivity contribution in [2.45, 2.75) is 18.1 Å². The van der Waals surface area contributed by atoms with Crippen molar-refractivity contribution in [1.29, 1.82) is 0 Å². The van der Waals surface area contributed by atoms with E-state index in [1.165, 1.54) is 46.6 Å². The predicted octanol–water partition coefficient (Wildman–Crippen LogP) is 3.47. The standard InChI is InChI=1S/C21H19F2N5O3S/c22-21(23,14-5-2-1-3-6-14)18(29)11-8-15-13-31-20(30)28(15)12-4-7-16-9-10-17(32-16)19-24-26-27-25-19/h1-11,15,18,29H,12-13H2,(H,24,25,26,27)/b7-4-,11-8+. The van der Waals surface area contributed by atoms with Crippen LogP contribution in [0.4, 0.5) is 13.6 Å². The van der Waals surface area contributed by atoms with Gasteiger partial charge in [0, 0.05) is 17.0 Å². The number of hydrogen-bond donors (Lipinski definition) is 2. The Bertz CT molecular complexity index is 1100. The Morgan fingerprint density at radius 1 is 1.31 bits per heavy atom. The van der Waals surface area contributed by atoms with Crippen LogP contribution in [0.2, 0.25) is 0 Å². The van der Waals surface area contributed by atoms with Crippen LogP contribution in [-0.2, 0) is 10.7 Å². The molecule has 1 fully saturated rings. The number of aromatic nitrogens is 4. The summed E-state index contributed by atoms with van der Waals surface area (Å²) in [5, 5.41) is 23.7. The number of aromatic amines is 1. The third-order valence-electron chi connectivity index (χ3n) is 4.85. The van der Waals surface area contributed by atoms with Crippen LogP contribution in [0.1, 0.15) is 10.4 Å². The largest absolute Gasteiger partial charge is 0.447 e. The Morgan fingerprint density at radius 3 is 2.88 bits per heavy atom. The molecule has 8 nitrogen and oxygen atoms in total. The molecule has 4 rings (SSSR count). The first-order valence-corrected chi connectivity index (χ1v) is 10.5. The molecule has 0 saturated carbocycles. The van der Waals surface area contributed by atoms with Crippen LogP contribution in [0.5, 0.6) is 0 Å². The molecule has 0 aliphatic carbocycles. The summed E-state index contributed by atoms with van der Waals surface area (Å²) in [6.45, 7) is 0.241. The summed E-state index contributed by atoms with van der Waals surface area (Å²) < 4.78 is 34.0. The number of rotatable bonds is 8. The summed E-state index contributed by atoms with van der Waals surface area (Å²) >= 11 is 1.46. The van der Waals surface area contributed by atoms with Crippen molar-refractivity contribution in [1.82, 2.24) is 25.5 Å². The summed E-state index contributed by atoms with van der Waals surface area (Å²) in [5.74, 6) is -2.89. The SMILES string of the molecule is O=C1OCC(/C=C/C(O)C(F)(F)c2ccccc2)N1C/C=C\c1ccc(-c2nnn[nH]2)s1. The summed E-state index contributed by atoms with van der Waals surface area (Å²) in [4.78, 5) is 15.2. The van der Waals surface area contributed by atoms with Crippen molar-refractivity contribution >= 4 is 23.5 Å². The normalized spacial score (nSPS) is 18.0. The van der Waals surface area contributed by atoms with Gasteiger partial charge in [-0.2, -0.15) is 8.78 Å². The van der Waals surface area contributed by atoms with Gasteiger partial charge in [0.15, 0.2) is 5.82 Å². The first-order chi connectivity index (χ1) is 15.4. The predicted molar refractivity (Wildman–Crippen MR) is 114 cm³/mol. The summed E-state index contributed by atoms with van der Waals surface area (Å²) in [5.41, 5.74) is -0.285. The highest BCUT2D eigenvalue weighted by Crippen LogP contribution is 2.32. The van der Waals surface area contributed by atoms with E-state index >= 15 is 0 Å². The van der Waals surface area contributed by atoms with Gasteiger partial charge in [-0.3, -0.25) is 4.90 Å². The molecule has 32 heavy (non-hydrogen) atoms. The van der Waals surface area contributed by atoms with Crippen LogP contribution in [0.15, 0.2) is 60.7 Å². The number of tetrazole rings is 1. The molecule has 0 bridgehead atoms. The number of aliphatic hydroxyl groups excluding tert-OH is 1. The molecule has 166 valence electrons. The van der Waals surface area contributed by atoms with E-state index in [9.17, 15) is 18.7 Å². The first kappa shape index (κ1) is 21.8. The quantitative estimate of drug-likeness (QED) is 0.500. The number of halogens is 2. The number of thiophene rings is 1. The highest BCUT2D eigenvalue weighted by Gasteiger charge is 2.39. The van der Waals surface area contributed by atoms with Gasteiger partial charge in [0.05, 0.1) is 10.9 Å². The van der Waals surface area contributed by atoms with Crippen molar-refractivity contribution in [3.05, 3.63) is 71.1 Å². The minimum absolute atomic E-state index is 0.0223. The van der Waals surface area contributed by atoms with E-state index in [0.29, 0.717) is 5.82 Å². The lowest BCUT2D eigenvalue weighted by atomic mass is 10.0. The van der Waals surface area contributed by atoms with E-state index in [2.05, 4.69) is 20.6 Å². The zero-order valence-corrected chi connectivity index (χ0v) is 17.5. The van der Waals surface area contributed by atoms with Gasteiger partial charge in [-0.1, -0.05) is 48.6 Å². The number of nitrogens with zero attached hydrogens (tertiary/aromatic N) is 4. The maximum Gasteiger partial charge on any atom is 0.410 e. The summed E-state index contributed by atoms with van der Waals surface area (Å²) in [6.07, 6.45) is 3.41. The molecule has 11 heteroatoms. The third kappa shape index (κ3) is 4.73. The minimum Gasteiger partial charge on any atom is -0.447 e. The molecular formula is C21H19F2N5O3S. The molecule has 0 spiro atoms. The number of cyclic esters (lactones) is 1. The van der Waals surface area contributed by atoms with E-state index in [0.717, 1.165) is 15.8 Å². The lowest BCUT2D eigenvalue weighted by molar-refractivity contribution is -0.0929. The molecule has 3 heterocycles. The fourth-order valence-corrected chi connectivity index (χ4v) is 4.01. The van der Waals surface area contributed by atoms with Crippen LogP contribution in [-0.4, -0.2) is 62.0 Å². The topological polar surface area (TPSA) is 104 Å². The van der Waals surface area contributed by atoms with Gasteiger partial charge < -0.3 is 9.84 Å². The fourth-order valence-electron chi connectivity index (χ4n) is 3.14. The van der Waals surface area contributed by atoms with Gasteiger partial charge in [0.1, 0.15) is 12.7 Å². The number of aliphatic hydroxyl groups is 1. The minimum atomic E-state index is -3.46. The van der Waals surface area contributed by atoms with E-state index in [1.807, 2.05) is 18.2 Å². The van der Waals surface area contributed by atoms with Crippen molar-refractivity contribution < 1.29 is 23.4 Å². The van der Waals surface area contributed by atoms with Crippen molar-refractivity contribution in [2.75, 3.05) is 13.2 Å². The molecule has 2 atom stereocenters. The number of H-pyrrole nitrogens is 1. The lowest BCUT2D eigenvalue weighted by Gasteiger charge is -2.21. The second-order valence-corrected chi connectivity index (χ2v) is 8.08. The van der Waals surface area contributed by atoms with Crippen molar-refractivity contribution in [3.8, 4) is 10.7 Å². The Labute approximate surface area is 185 Å². The molecule has 1 aliphatic heterocycles. The van der Waals surface area contributed by atoms with Gasteiger partial charge in [-0.05, 0) is 28.6 Å². The van der Waals surface area contributed by atoms with Crippen LogP contribution < -0.4 is 0 Å². The van der Waals surface area contributed by atoms with E-state index in [-0.39, 0.29) is 18.7 Å². The third-order valence-corrected chi connectivity index (χ3v) is 5.91. The zero-order chi connectivity index (χ0) is 22.6. The van der Waals surface area contributed by atoms with E-state index in [4.69, 9.17) is 4.74 Å². The Kier molecular flexibility index (Phi) is 6.37. The van der Waals surface area contributed by atoms with E-state index < -0.39 is 24.2 Å². The monoisotopic (exact) mass is 459 g/mol. The second kappa shape index (κ2) is 9.37. The summed E-state index contributed by atoms with van der Waals surface area (Å²) in [7, 11) is 0. The van der Waals surface area contributed by atoms with Gasteiger partial charge >= 0.3 is 12.0 Å². The number of alkyl halides is 2. The molecule has 2 unspecified atom stereocenters. The van der Waals surface area contributed by atoms with Crippen LogP contribution in [0.3, 0.4) is 0 Å². The second-order valence-electron chi connectivity index (χ2n) is 6.97. The lowest BCUT2D eigenvalue weighted by Crippen LogP contribution is -2.33. The van der Waals surface area contributed by atoms with Crippen LogP contribution >= 0.6 is 11.3 Å². The highest BCUT2D eigenvalue weighted by molar-refractivity contribution is 7.16. The fraction of sp³-hybridized carbons (Fsp3) is 0.238.